The SMILES string of the molecule is NC(=O)N1CCN(CC(O)COc2ccc3ccccc3c2)CC1. The minimum Gasteiger partial charge on any atom is -0.491 e. The third-order valence-corrected chi connectivity index (χ3v) is 4.32. The van der Waals surface area contributed by atoms with Crippen molar-refractivity contribution in [2.45, 2.75) is 6.10 Å². The molecule has 6 nitrogen and oxygen atoms in total. The summed E-state index contributed by atoms with van der Waals surface area (Å²) in [5.74, 6) is 0.756. The quantitative estimate of drug-likeness (QED) is 0.866. The van der Waals surface area contributed by atoms with Crippen molar-refractivity contribution in [2.75, 3.05) is 39.3 Å². The Morgan fingerprint density at radius 3 is 2.54 bits per heavy atom. The minimum absolute atomic E-state index is 0.244. The van der Waals surface area contributed by atoms with Crippen LogP contribution < -0.4 is 10.5 Å². The molecule has 6 heteroatoms. The second-order valence-corrected chi connectivity index (χ2v) is 6.10. The predicted octanol–water partition coefficient (Wildman–Crippen LogP) is 1.28. The van der Waals surface area contributed by atoms with Crippen LogP contribution in [-0.2, 0) is 0 Å². The van der Waals surface area contributed by atoms with Gasteiger partial charge in [-0.3, -0.25) is 4.90 Å². The number of primary amides is 1. The molecule has 0 saturated carbocycles. The van der Waals surface area contributed by atoms with E-state index in [1.54, 1.807) is 4.90 Å². The Labute approximate surface area is 141 Å². The van der Waals surface area contributed by atoms with Gasteiger partial charge in [-0.2, -0.15) is 0 Å². The molecule has 1 saturated heterocycles. The standard InChI is InChI=1S/C18H23N3O3/c19-18(23)21-9-7-20(8-10-21)12-16(22)13-24-17-6-5-14-3-1-2-4-15(14)11-17/h1-6,11,16,22H,7-10,12-13H2,(H2,19,23). The number of urea groups is 1. The van der Waals surface area contributed by atoms with E-state index in [-0.39, 0.29) is 12.6 Å². The fourth-order valence-electron chi connectivity index (χ4n) is 2.95. The summed E-state index contributed by atoms with van der Waals surface area (Å²) in [5.41, 5.74) is 5.26. The van der Waals surface area contributed by atoms with Gasteiger partial charge in [0.2, 0.25) is 0 Å². The summed E-state index contributed by atoms with van der Waals surface area (Å²) in [6, 6.07) is 13.6. The van der Waals surface area contributed by atoms with Gasteiger partial charge in [0.1, 0.15) is 18.5 Å². The first-order valence-corrected chi connectivity index (χ1v) is 8.18. The van der Waals surface area contributed by atoms with Crippen molar-refractivity contribution in [1.82, 2.24) is 9.80 Å². The lowest BCUT2D eigenvalue weighted by atomic mass is 10.1. The maximum Gasteiger partial charge on any atom is 0.314 e. The third-order valence-electron chi connectivity index (χ3n) is 4.32. The maximum atomic E-state index is 11.1. The highest BCUT2D eigenvalue weighted by Gasteiger charge is 2.21. The largest absolute Gasteiger partial charge is 0.491 e. The Morgan fingerprint density at radius 2 is 1.83 bits per heavy atom. The number of piperazine rings is 1. The number of amides is 2. The maximum absolute atomic E-state index is 11.1. The number of hydrogen-bond donors (Lipinski definition) is 2. The zero-order valence-corrected chi connectivity index (χ0v) is 13.6. The first kappa shape index (κ1) is 16.5. The molecule has 1 aliphatic heterocycles. The first-order valence-electron chi connectivity index (χ1n) is 8.18. The Kier molecular flexibility index (Phi) is 5.17. The van der Waals surface area contributed by atoms with Gasteiger partial charge >= 0.3 is 6.03 Å². The van der Waals surface area contributed by atoms with Crippen molar-refractivity contribution in [1.29, 1.82) is 0 Å². The van der Waals surface area contributed by atoms with E-state index in [0.717, 1.165) is 29.6 Å². The van der Waals surface area contributed by atoms with Crippen LogP contribution in [0.1, 0.15) is 0 Å². The highest BCUT2D eigenvalue weighted by Crippen LogP contribution is 2.20. The van der Waals surface area contributed by atoms with E-state index in [0.29, 0.717) is 19.6 Å². The number of nitrogens with zero attached hydrogens (tertiary/aromatic N) is 2. The van der Waals surface area contributed by atoms with Gasteiger partial charge in [-0.25, -0.2) is 4.79 Å². The number of β-amino-alcohol motifs (C(OH)–C–C–N with tert-alkyl or cyclic N) is 1. The second-order valence-electron chi connectivity index (χ2n) is 6.10. The Hall–Kier alpha value is -2.31. The number of aliphatic hydroxyl groups excluding tert-OH is 1. The molecule has 2 aromatic carbocycles. The van der Waals surface area contributed by atoms with Crippen LogP contribution in [0.3, 0.4) is 0 Å². The molecule has 1 unspecified atom stereocenters. The van der Waals surface area contributed by atoms with Gasteiger partial charge in [-0.05, 0) is 22.9 Å². The number of hydrogen-bond acceptors (Lipinski definition) is 4. The number of nitrogens with two attached hydrogens (primary N) is 1. The van der Waals surface area contributed by atoms with E-state index in [1.807, 2.05) is 36.4 Å². The molecule has 1 atom stereocenters. The van der Waals surface area contributed by atoms with E-state index in [4.69, 9.17) is 10.5 Å². The average Bonchev–Trinajstić information content (AvgIpc) is 2.60. The lowest BCUT2D eigenvalue weighted by Crippen LogP contribution is -2.52. The van der Waals surface area contributed by atoms with Crippen LogP contribution in [0.25, 0.3) is 10.8 Å². The smallest absolute Gasteiger partial charge is 0.314 e. The molecule has 1 aliphatic rings. The van der Waals surface area contributed by atoms with Gasteiger partial charge in [0.25, 0.3) is 0 Å². The number of fused-ring (bicyclic) bond motifs is 1. The fraction of sp³-hybridized carbons (Fsp3) is 0.389. The van der Waals surface area contributed by atoms with Crippen molar-refractivity contribution >= 4 is 16.8 Å². The molecule has 2 aromatic rings. The Bertz CT molecular complexity index is 699. The molecule has 24 heavy (non-hydrogen) atoms. The summed E-state index contributed by atoms with van der Waals surface area (Å²) in [6.45, 7) is 3.42. The summed E-state index contributed by atoms with van der Waals surface area (Å²) in [6.07, 6.45) is -0.573. The molecular formula is C18H23N3O3. The van der Waals surface area contributed by atoms with E-state index in [2.05, 4.69) is 11.0 Å². The van der Waals surface area contributed by atoms with Crippen LogP contribution >= 0.6 is 0 Å². The van der Waals surface area contributed by atoms with Crippen molar-refractivity contribution < 1.29 is 14.6 Å². The Morgan fingerprint density at radius 1 is 1.12 bits per heavy atom. The zero-order valence-electron chi connectivity index (χ0n) is 13.6. The second kappa shape index (κ2) is 7.51. The monoisotopic (exact) mass is 329 g/mol. The van der Waals surface area contributed by atoms with E-state index in [9.17, 15) is 9.90 Å². The number of rotatable bonds is 5. The van der Waals surface area contributed by atoms with Crippen molar-refractivity contribution in [3.63, 3.8) is 0 Å². The van der Waals surface area contributed by atoms with Crippen molar-refractivity contribution in [3.05, 3.63) is 42.5 Å². The van der Waals surface area contributed by atoms with Crippen LogP contribution in [0.5, 0.6) is 5.75 Å². The minimum atomic E-state index is -0.573. The van der Waals surface area contributed by atoms with Gasteiger partial charge in [0.05, 0.1) is 0 Å². The summed E-state index contributed by atoms with van der Waals surface area (Å²) in [5, 5.41) is 12.5. The number of benzene rings is 2. The molecule has 1 fully saturated rings. The number of carbonyl (C=O) groups excluding carboxylic acids is 1. The van der Waals surface area contributed by atoms with Crippen molar-refractivity contribution in [3.8, 4) is 5.75 Å². The van der Waals surface area contributed by atoms with E-state index < -0.39 is 6.10 Å². The zero-order chi connectivity index (χ0) is 16.9. The van der Waals surface area contributed by atoms with Crippen molar-refractivity contribution in [2.24, 2.45) is 5.73 Å². The molecule has 0 aromatic heterocycles. The highest BCUT2D eigenvalue weighted by atomic mass is 16.5. The lowest BCUT2D eigenvalue weighted by Gasteiger charge is -2.34. The number of aliphatic hydroxyl groups is 1. The topological polar surface area (TPSA) is 79.0 Å². The summed E-state index contributed by atoms with van der Waals surface area (Å²) in [4.78, 5) is 14.8. The van der Waals surface area contributed by atoms with Gasteiger partial charge < -0.3 is 20.5 Å². The summed E-state index contributed by atoms with van der Waals surface area (Å²) < 4.78 is 5.72. The predicted molar refractivity (Wildman–Crippen MR) is 93.0 cm³/mol. The van der Waals surface area contributed by atoms with Gasteiger partial charge in [0, 0.05) is 32.7 Å². The van der Waals surface area contributed by atoms with E-state index in [1.165, 1.54) is 0 Å². The van der Waals surface area contributed by atoms with Gasteiger partial charge in [-0.1, -0.05) is 30.3 Å². The molecule has 3 rings (SSSR count). The molecule has 2 amide bonds. The molecule has 0 radical (unpaired) electrons. The lowest BCUT2D eigenvalue weighted by molar-refractivity contribution is 0.0523. The third kappa shape index (κ3) is 4.15. The molecular weight excluding hydrogens is 306 g/mol. The average molecular weight is 329 g/mol. The molecule has 1 heterocycles. The molecule has 0 spiro atoms. The normalized spacial score (nSPS) is 17.0. The first-order chi connectivity index (χ1) is 11.6. The van der Waals surface area contributed by atoms with Crippen LogP contribution in [0.15, 0.2) is 42.5 Å². The Balaban J connectivity index is 1.46. The van der Waals surface area contributed by atoms with Gasteiger partial charge in [0.15, 0.2) is 0 Å². The van der Waals surface area contributed by atoms with Crippen LogP contribution in [-0.4, -0.2) is 66.4 Å². The number of carbonyl (C=O) groups is 1. The summed E-state index contributed by atoms with van der Waals surface area (Å²) >= 11 is 0. The highest BCUT2D eigenvalue weighted by molar-refractivity contribution is 5.83. The summed E-state index contributed by atoms with van der Waals surface area (Å²) in [7, 11) is 0. The molecule has 0 aliphatic carbocycles. The number of ether oxygens (including phenoxy) is 1. The molecule has 128 valence electrons. The molecule has 0 bridgehead atoms. The van der Waals surface area contributed by atoms with Crippen LogP contribution in [0.2, 0.25) is 0 Å². The van der Waals surface area contributed by atoms with Gasteiger partial charge in [-0.15, -0.1) is 0 Å². The fourth-order valence-corrected chi connectivity index (χ4v) is 2.95. The van der Waals surface area contributed by atoms with E-state index >= 15 is 0 Å². The molecule has 3 N–H and O–H groups in total. The van der Waals surface area contributed by atoms with Crippen LogP contribution in [0.4, 0.5) is 4.79 Å². The van der Waals surface area contributed by atoms with Crippen LogP contribution in [0, 0.1) is 0 Å².